The van der Waals surface area contributed by atoms with Gasteiger partial charge in [-0.1, -0.05) is 0 Å². The Hall–Kier alpha value is -1.54. The average Bonchev–Trinajstić information content (AvgIpc) is 2.63. The largest absolute Gasteiger partial charge is 0.337 e. The summed E-state index contributed by atoms with van der Waals surface area (Å²) in [5.41, 5.74) is 1.13. The Labute approximate surface area is 125 Å². The summed E-state index contributed by atoms with van der Waals surface area (Å²) in [7, 11) is -3.21. The fourth-order valence-electron chi connectivity index (χ4n) is 2.39. The first-order chi connectivity index (χ1) is 9.79. The first kappa shape index (κ1) is 15.8. The van der Waals surface area contributed by atoms with Gasteiger partial charge in [0.05, 0.1) is 17.5 Å². The molecule has 0 aliphatic carbocycles. The highest BCUT2D eigenvalue weighted by molar-refractivity contribution is 7.88. The number of carbonyl (C=O) groups excluding carboxylic acids is 1. The Morgan fingerprint density at radius 3 is 2.52 bits per heavy atom. The summed E-state index contributed by atoms with van der Waals surface area (Å²) in [6.07, 6.45) is 3.37. The van der Waals surface area contributed by atoms with Gasteiger partial charge in [0, 0.05) is 32.4 Å². The fraction of sp³-hybridized carbons (Fsp3) is 0.615. The lowest BCUT2D eigenvalue weighted by Gasteiger charge is -2.21. The van der Waals surface area contributed by atoms with Gasteiger partial charge < -0.3 is 4.90 Å². The highest BCUT2D eigenvalue weighted by Gasteiger charge is 2.25. The monoisotopic (exact) mass is 312 g/mol. The van der Waals surface area contributed by atoms with Crippen LogP contribution < -0.4 is 0 Å². The Bertz CT molecular complexity index is 645. The Morgan fingerprint density at radius 2 is 1.90 bits per heavy atom. The molecule has 1 saturated heterocycles. The van der Waals surface area contributed by atoms with Crippen molar-refractivity contribution in [2.45, 2.75) is 20.3 Å². The van der Waals surface area contributed by atoms with Crippen molar-refractivity contribution in [1.29, 1.82) is 0 Å². The zero-order valence-electron chi connectivity index (χ0n) is 12.5. The van der Waals surface area contributed by atoms with Crippen LogP contribution in [0.1, 0.15) is 28.3 Å². The van der Waals surface area contributed by atoms with Crippen LogP contribution in [0, 0.1) is 13.8 Å². The molecule has 2 heterocycles. The van der Waals surface area contributed by atoms with Crippen molar-refractivity contribution < 1.29 is 13.2 Å². The molecule has 0 saturated carbocycles. The zero-order valence-corrected chi connectivity index (χ0v) is 13.4. The molecule has 1 aromatic rings. The maximum Gasteiger partial charge on any atom is 0.257 e. The van der Waals surface area contributed by atoms with Gasteiger partial charge in [0.1, 0.15) is 5.82 Å². The van der Waals surface area contributed by atoms with E-state index >= 15 is 0 Å². The third-order valence-corrected chi connectivity index (χ3v) is 4.84. The third-order valence-electron chi connectivity index (χ3n) is 3.54. The molecule has 1 amide bonds. The van der Waals surface area contributed by atoms with Gasteiger partial charge in [-0.15, -0.1) is 0 Å². The number of rotatable bonds is 2. The van der Waals surface area contributed by atoms with Crippen LogP contribution in [0.25, 0.3) is 0 Å². The predicted octanol–water partition coefficient (Wildman–Crippen LogP) is 0.201. The van der Waals surface area contributed by atoms with Crippen molar-refractivity contribution in [3.05, 3.63) is 23.3 Å². The Balaban J connectivity index is 2.13. The van der Waals surface area contributed by atoms with E-state index in [-0.39, 0.29) is 5.91 Å². The lowest BCUT2D eigenvalue weighted by atomic mass is 10.2. The van der Waals surface area contributed by atoms with Gasteiger partial charge in [-0.25, -0.2) is 22.7 Å². The predicted molar refractivity (Wildman–Crippen MR) is 78.4 cm³/mol. The fourth-order valence-corrected chi connectivity index (χ4v) is 3.27. The molecule has 116 valence electrons. The maximum absolute atomic E-state index is 12.5. The third kappa shape index (κ3) is 3.76. The van der Waals surface area contributed by atoms with Crippen LogP contribution >= 0.6 is 0 Å². The molecule has 0 spiro atoms. The molecule has 0 unspecified atom stereocenters. The highest BCUT2D eigenvalue weighted by atomic mass is 32.2. The van der Waals surface area contributed by atoms with Crippen molar-refractivity contribution >= 4 is 15.9 Å². The second kappa shape index (κ2) is 6.07. The van der Waals surface area contributed by atoms with E-state index in [0.717, 1.165) is 0 Å². The van der Waals surface area contributed by atoms with E-state index in [1.54, 1.807) is 24.9 Å². The summed E-state index contributed by atoms with van der Waals surface area (Å²) in [6.45, 7) is 5.26. The van der Waals surface area contributed by atoms with Crippen LogP contribution in [-0.4, -0.2) is 65.9 Å². The van der Waals surface area contributed by atoms with Gasteiger partial charge in [-0.3, -0.25) is 4.79 Å². The topological polar surface area (TPSA) is 83.5 Å². The number of carbonyl (C=O) groups is 1. The molecule has 0 N–H and O–H groups in total. The molecule has 0 aromatic carbocycles. The second-order valence-electron chi connectivity index (χ2n) is 5.22. The summed E-state index contributed by atoms with van der Waals surface area (Å²) in [5, 5.41) is 0. The minimum atomic E-state index is -3.21. The zero-order chi connectivity index (χ0) is 15.6. The minimum absolute atomic E-state index is 0.136. The summed E-state index contributed by atoms with van der Waals surface area (Å²) < 4.78 is 24.6. The van der Waals surface area contributed by atoms with Gasteiger partial charge >= 0.3 is 0 Å². The normalized spacial score (nSPS) is 17.6. The first-order valence-corrected chi connectivity index (χ1v) is 8.68. The van der Waals surface area contributed by atoms with E-state index in [4.69, 9.17) is 0 Å². The van der Waals surface area contributed by atoms with Gasteiger partial charge in [-0.2, -0.15) is 0 Å². The second-order valence-corrected chi connectivity index (χ2v) is 7.21. The number of amides is 1. The van der Waals surface area contributed by atoms with E-state index in [0.29, 0.717) is 49.7 Å². The number of nitrogens with zero attached hydrogens (tertiary/aromatic N) is 4. The lowest BCUT2D eigenvalue weighted by molar-refractivity contribution is 0.0762. The maximum atomic E-state index is 12.5. The standard InChI is InChI=1S/C13H20N4O3S/c1-10-12(9-14-11(2)15-10)13(18)16-5-4-6-17(8-7-16)21(3,19)20/h9H,4-8H2,1-3H3. The van der Waals surface area contributed by atoms with E-state index in [9.17, 15) is 13.2 Å². The summed E-state index contributed by atoms with van der Waals surface area (Å²) in [6, 6.07) is 0. The number of aryl methyl sites for hydroxylation is 2. The number of aromatic nitrogens is 2. The quantitative estimate of drug-likeness (QED) is 0.779. The molecule has 1 aliphatic rings. The smallest absolute Gasteiger partial charge is 0.257 e. The summed E-state index contributed by atoms with van der Waals surface area (Å²) >= 11 is 0. The average molecular weight is 312 g/mol. The highest BCUT2D eigenvalue weighted by Crippen LogP contribution is 2.12. The van der Waals surface area contributed by atoms with Crippen LogP contribution in [-0.2, 0) is 10.0 Å². The molecule has 8 heteroatoms. The van der Waals surface area contributed by atoms with E-state index < -0.39 is 10.0 Å². The van der Waals surface area contributed by atoms with Crippen LogP contribution in [0.3, 0.4) is 0 Å². The van der Waals surface area contributed by atoms with Crippen LogP contribution in [0.2, 0.25) is 0 Å². The van der Waals surface area contributed by atoms with Crippen molar-refractivity contribution in [2.24, 2.45) is 0 Å². The van der Waals surface area contributed by atoms with Crippen LogP contribution in [0.15, 0.2) is 6.20 Å². The van der Waals surface area contributed by atoms with Crippen molar-refractivity contribution in [3.8, 4) is 0 Å². The molecule has 1 aliphatic heterocycles. The molecule has 0 atom stereocenters. The molecule has 7 nitrogen and oxygen atoms in total. The summed E-state index contributed by atoms with van der Waals surface area (Å²) in [5.74, 6) is 0.492. The van der Waals surface area contributed by atoms with Crippen molar-refractivity contribution in [3.63, 3.8) is 0 Å². The van der Waals surface area contributed by atoms with E-state index in [2.05, 4.69) is 9.97 Å². The van der Waals surface area contributed by atoms with Gasteiger partial charge in [0.25, 0.3) is 5.91 Å². The van der Waals surface area contributed by atoms with Crippen LogP contribution in [0.5, 0.6) is 0 Å². The van der Waals surface area contributed by atoms with E-state index in [1.807, 2.05) is 0 Å². The number of hydrogen-bond donors (Lipinski definition) is 0. The molecular weight excluding hydrogens is 292 g/mol. The molecule has 1 fully saturated rings. The molecule has 2 rings (SSSR count). The molecule has 0 radical (unpaired) electrons. The van der Waals surface area contributed by atoms with Gasteiger partial charge in [0.15, 0.2) is 0 Å². The summed E-state index contributed by atoms with van der Waals surface area (Å²) in [4.78, 5) is 22.5. The SMILES string of the molecule is Cc1ncc(C(=O)N2CCCN(S(C)(=O)=O)CC2)c(C)n1. The van der Waals surface area contributed by atoms with E-state index in [1.165, 1.54) is 10.6 Å². The Morgan fingerprint density at radius 1 is 1.19 bits per heavy atom. The number of hydrogen-bond acceptors (Lipinski definition) is 5. The van der Waals surface area contributed by atoms with Gasteiger partial charge in [0.2, 0.25) is 10.0 Å². The Kier molecular flexibility index (Phi) is 4.58. The van der Waals surface area contributed by atoms with Crippen molar-refractivity contribution in [1.82, 2.24) is 19.2 Å². The molecule has 0 bridgehead atoms. The number of sulfonamides is 1. The molecule has 21 heavy (non-hydrogen) atoms. The minimum Gasteiger partial charge on any atom is -0.337 e. The van der Waals surface area contributed by atoms with Gasteiger partial charge in [-0.05, 0) is 20.3 Å². The van der Waals surface area contributed by atoms with Crippen molar-refractivity contribution in [2.75, 3.05) is 32.4 Å². The first-order valence-electron chi connectivity index (χ1n) is 6.83. The van der Waals surface area contributed by atoms with Crippen LogP contribution in [0.4, 0.5) is 0 Å². The lowest BCUT2D eigenvalue weighted by Crippen LogP contribution is -2.37. The molecule has 1 aromatic heterocycles. The molecular formula is C13H20N4O3S.